The molecule has 2 nitrogen and oxygen atoms in total. The lowest BCUT2D eigenvalue weighted by Crippen LogP contribution is -3.00. The molecule has 0 bridgehead atoms. The molecular formula is C20H33BrN2. The fourth-order valence-electron chi connectivity index (χ4n) is 3.50. The van der Waals surface area contributed by atoms with Gasteiger partial charge >= 0.3 is 0 Å². The lowest BCUT2D eigenvalue weighted by Gasteiger charge is -2.18. The minimum atomic E-state index is 0. The minimum Gasteiger partial charge on any atom is -1.00 e. The molecule has 3 heteroatoms. The molecule has 0 saturated carbocycles. The molecule has 130 valence electrons. The highest BCUT2D eigenvalue weighted by atomic mass is 79.9. The molecule has 1 aromatic heterocycles. The molecule has 0 aromatic carbocycles. The van der Waals surface area contributed by atoms with Gasteiger partial charge in [0.05, 0.1) is 0 Å². The Morgan fingerprint density at radius 3 is 2.65 bits per heavy atom. The molecule has 2 rings (SSSR count). The highest BCUT2D eigenvalue weighted by Gasteiger charge is 2.24. The number of halogens is 1. The van der Waals surface area contributed by atoms with Gasteiger partial charge in [-0.2, -0.15) is 0 Å². The van der Waals surface area contributed by atoms with Gasteiger partial charge in [-0.15, -0.1) is 6.58 Å². The van der Waals surface area contributed by atoms with Gasteiger partial charge in [0.1, 0.15) is 6.54 Å². The molecule has 0 radical (unpaired) electrons. The number of hydrogen-bond donors (Lipinski definition) is 0. The van der Waals surface area contributed by atoms with E-state index in [2.05, 4.69) is 47.6 Å². The normalized spacial score (nSPS) is 17.9. The van der Waals surface area contributed by atoms with Gasteiger partial charge in [0, 0.05) is 24.1 Å². The number of likely N-dealkylation sites (tertiary alicyclic amines) is 1. The van der Waals surface area contributed by atoms with Crippen LogP contribution in [0.4, 0.5) is 0 Å². The Kier molecular flexibility index (Phi) is 10.5. The van der Waals surface area contributed by atoms with Crippen LogP contribution in [0.15, 0.2) is 37.2 Å². The quantitative estimate of drug-likeness (QED) is 0.340. The predicted molar refractivity (Wildman–Crippen MR) is 93.8 cm³/mol. The molecule has 0 N–H and O–H groups in total. The molecule has 0 unspecified atom stereocenters. The smallest absolute Gasteiger partial charge is 0.173 e. The van der Waals surface area contributed by atoms with Crippen molar-refractivity contribution in [2.24, 2.45) is 0 Å². The fraction of sp³-hybridized carbons (Fsp3) is 0.650. The first-order valence-corrected chi connectivity index (χ1v) is 9.11. The van der Waals surface area contributed by atoms with Gasteiger partial charge in [0.25, 0.3) is 0 Å². The van der Waals surface area contributed by atoms with E-state index in [1.807, 2.05) is 6.08 Å². The number of rotatable bonds is 10. The molecule has 1 aliphatic heterocycles. The molecule has 0 spiro atoms. The fourth-order valence-corrected chi connectivity index (χ4v) is 3.50. The van der Waals surface area contributed by atoms with Gasteiger partial charge in [-0.05, 0) is 51.8 Å². The molecular weight excluding hydrogens is 348 g/mol. The summed E-state index contributed by atoms with van der Waals surface area (Å²) in [4.78, 5) is 2.49. The Balaban J connectivity index is 0.00000264. The van der Waals surface area contributed by atoms with Crippen molar-refractivity contribution in [3.05, 3.63) is 42.7 Å². The highest BCUT2D eigenvalue weighted by molar-refractivity contribution is 5.12. The maximum absolute atomic E-state index is 3.78. The van der Waals surface area contributed by atoms with Crippen molar-refractivity contribution in [1.29, 1.82) is 0 Å². The van der Waals surface area contributed by atoms with Gasteiger partial charge in [-0.1, -0.05) is 25.3 Å². The van der Waals surface area contributed by atoms with Crippen LogP contribution in [0.1, 0.15) is 69.4 Å². The summed E-state index contributed by atoms with van der Waals surface area (Å²) in [6, 6.07) is 5.15. The molecule has 0 aliphatic carbocycles. The van der Waals surface area contributed by atoms with E-state index in [1.165, 1.54) is 69.9 Å². The Labute approximate surface area is 153 Å². The van der Waals surface area contributed by atoms with Crippen LogP contribution in [0.3, 0.4) is 0 Å². The van der Waals surface area contributed by atoms with E-state index in [-0.39, 0.29) is 17.0 Å². The summed E-state index contributed by atoms with van der Waals surface area (Å²) in [5.74, 6) is 0. The second kappa shape index (κ2) is 11.8. The standard InChI is InChI=1S/C20H33N2.BrH/c1-3-4-5-6-7-8-9-10-16-22-17-11-13-19(18-22)20-14-12-15-21(20)2;/h3,11,13,17-18,20H,1,4-10,12,14-16H2,2H3;1H/q+1;/p-1/t20-;/m0./s1. The molecule has 1 aliphatic rings. The summed E-state index contributed by atoms with van der Waals surface area (Å²) < 4.78 is 2.39. The van der Waals surface area contributed by atoms with Crippen LogP contribution in [-0.2, 0) is 6.54 Å². The zero-order valence-corrected chi connectivity index (χ0v) is 16.3. The van der Waals surface area contributed by atoms with Crippen molar-refractivity contribution in [2.45, 2.75) is 70.4 Å². The summed E-state index contributed by atoms with van der Waals surface area (Å²) in [7, 11) is 2.25. The molecule has 1 saturated heterocycles. The molecule has 0 amide bonds. The van der Waals surface area contributed by atoms with Crippen LogP contribution in [0.2, 0.25) is 0 Å². The molecule has 1 fully saturated rings. The number of pyridine rings is 1. The van der Waals surface area contributed by atoms with Gasteiger partial charge in [0.2, 0.25) is 0 Å². The van der Waals surface area contributed by atoms with E-state index in [0.29, 0.717) is 6.04 Å². The number of unbranched alkanes of at least 4 members (excludes halogenated alkanes) is 6. The lowest BCUT2D eigenvalue weighted by atomic mass is 10.1. The van der Waals surface area contributed by atoms with E-state index < -0.39 is 0 Å². The zero-order valence-electron chi connectivity index (χ0n) is 14.7. The third-order valence-corrected chi connectivity index (χ3v) is 4.86. The van der Waals surface area contributed by atoms with Crippen molar-refractivity contribution in [3.63, 3.8) is 0 Å². The van der Waals surface area contributed by atoms with Crippen LogP contribution in [-0.4, -0.2) is 18.5 Å². The number of hydrogen-bond acceptors (Lipinski definition) is 1. The van der Waals surface area contributed by atoms with E-state index in [4.69, 9.17) is 0 Å². The monoisotopic (exact) mass is 380 g/mol. The van der Waals surface area contributed by atoms with Crippen molar-refractivity contribution in [2.75, 3.05) is 13.6 Å². The van der Waals surface area contributed by atoms with E-state index in [1.54, 1.807) is 0 Å². The molecule has 2 heterocycles. The lowest BCUT2D eigenvalue weighted by molar-refractivity contribution is -0.697. The van der Waals surface area contributed by atoms with Crippen molar-refractivity contribution >= 4 is 0 Å². The maximum Gasteiger partial charge on any atom is 0.173 e. The first-order chi connectivity index (χ1) is 10.8. The van der Waals surface area contributed by atoms with Crippen LogP contribution in [0.25, 0.3) is 0 Å². The molecule has 1 aromatic rings. The number of aryl methyl sites for hydroxylation is 1. The van der Waals surface area contributed by atoms with E-state index >= 15 is 0 Å². The van der Waals surface area contributed by atoms with Gasteiger partial charge < -0.3 is 17.0 Å². The van der Waals surface area contributed by atoms with Crippen LogP contribution < -0.4 is 21.5 Å². The summed E-state index contributed by atoms with van der Waals surface area (Å²) in [6.45, 7) is 6.18. The maximum atomic E-state index is 3.78. The molecule has 1 atom stereocenters. The minimum absolute atomic E-state index is 0. The largest absolute Gasteiger partial charge is 1.00 e. The third kappa shape index (κ3) is 7.17. The molecule has 23 heavy (non-hydrogen) atoms. The average molecular weight is 381 g/mol. The third-order valence-electron chi connectivity index (χ3n) is 4.86. The summed E-state index contributed by atoms with van der Waals surface area (Å²) in [6.07, 6.45) is 18.5. The summed E-state index contributed by atoms with van der Waals surface area (Å²) in [5, 5.41) is 0. The Morgan fingerprint density at radius 2 is 1.96 bits per heavy atom. The Bertz CT molecular complexity index is 447. The van der Waals surface area contributed by atoms with Crippen molar-refractivity contribution in [1.82, 2.24) is 4.90 Å². The first-order valence-electron chi connectivity index (χ1n) is 9.11. The van der Waals surface area contributed by atoms with Crippen LogP contribution in [0, 0.1) is 0 Å². The highest BCUT2D eigenvalue weighted by Crippen LogP contribution is 2.29. The zero-order chi connectivity index (χ0) is 15.6. The second-order valence-corrected chi connectivity index (χ2v) is 6.71. The summed E-state index contributed by atoms with van der Waals surface area (Å²) in [5.41, 5.74) is 1.49. The van der Waals surface area contributed by atoms with Crippen LogP contribution >= 0.6 is 0 Å². The van der Waals surface area contributed by atoms with Gasteiger partial charge in [0.15, 0.2) is 12.4 Å². The van der Waals surface area contributed by atoms with Crippen LogP contribution in [0.5, 0.6) is 0 Å². The topological polar surface area (TPSA) is 7.12 Å². The predicted octanol–water partition coefficient (Wildman–Crippen LogP) is 1.66. The number of allylic oxidation sites excluding steroid dienone is 1. The first kappa shape index (κ1) is 20.4. The number of aromatic nitrogens is 1. The van der Waals surface area contributed by atoms with E-state index in [9.17, 15) is 0 Å². The van der Waals surface area contributed by atoms with Crippen molar-refractivity contribution < 1.29 is 21.5 Å². The number of nitrogens with zero attached hydrogens (tertiary/aromatic N) is 2. The SMILES string of the molecule is C=CCCCCCCCC[n+]1cccc([C@@H]2CCCN2C)c1.[Br-]. The van der Waals surface area contributed by atoms with Gasteiger partial charge in [-0.25, -0.2) is 4.57 Å². The van der Waals surface area contributed by atoms with Crippen molar-refractivity contribution in [3.8, 4) is 0 Å². The Morgan fingerprint density at radius 1 is 1.22 bits per heavy atom. The summed E-state index contributed by atoms with van der Waals surface area (Å²) >= 11 is 0. The Hall–Kier alpha value is -0.670. The average Bonchev–Trinajstić information content (AvgIpc) is 2.96. The van der Waals surface area contributed by atoms with Gasteiger partial charge in [-0.3, -0.25) is 4.90 Å². The second-order valence-electron chi connectivity index (χ2n) is 6.71. The van der Waals surface area contributed by atoms with E-state index in [0.717, 1.165) is 6.54 Å².